The number of hydrogen-bond acceptors (Lipinski definition) is 2. The van der Waals surface area contributed by atoms with E-state index in [9.17, 15) is 9.90 Å². The van der Waals surface area contributed by atoms with Gasteiger partial charge in [-0.25, -0.2) is 0 Å². The summed E-state index contributed by atoms with van der Waals surface area (Å²) in [4.78, 5) is 10.8. The van der Waals surface area contributed by atoms with Crippen molar-refractivity contribution in [2.45, 2.75) is 25.4 Å². The van der Waals surface area contributed by atoms with Crippen LogP contribution in [-0.2, 0) is 4.79 Å². The van der Waals surface area contributed by atoms with Crippen molar-refractivity contribution in [2.75, 3.05) is 0 Å². The Morgan fingerprint density at radius 3 is 2.62 bits per heavy atom. The number of aliphatic hydroxyl groups is 1. The number of carbonyl (C=O) groups is 1. The first-order chi connectivity index (χ1) is 6.16. The Morgan fingerprint density at radius 1 is 1.46 bits per heavy atom. The molecule has 1 aliphatic rings. The summed E-state index contributed by atoms with van der Waals surface area (Å²) in [7, 11) is 0. The van der Waals surface area contributed by atoms with E-state index in [-0.39, 0.29) is 5.78 Å². The molecule has 0 fully saturated rings. The molecule has 0 radical (unpaired) electrons. The molecule has 0 saturated heterocycles. The SMILES string of the molecule is CC#CCCC1(O)C=CC(=O)C=C1. The van der Waals surface area contributed by atoms with Gasteiger partial charge in [-0.3, -0.25) is 4.79 Å². The summed E-state index contributed by atoms with van der Waals surface area (Å²) >= 11 is 0. The number of ketones is 1. The first-order valence-corrected chi connectivity index (χ1v) is 4.21. The molecule has 1 N–H and O–H groups in total. The second-order valence-electron chi connectivity index (χ2n) is 2.99. The van der Waals surface area contributed by atoms with Gasteiger partial charge in [-0.05, 0) is 37.6 Å². The largest absolute Gasteiger partial charge is 0.382 e. The highest BCUT2D eigenvalue weighted by Crippen LogP contribution is 2.19. The molecular weight excluding hydrogens is 164 g/mol. The van der Waals surface area contributed by atoms with E-state index in [2.05, 4.69) is 11.8 Å². The van der Waals surface area contributed by atoms with Crippen LogP contribution in [0.4, 0.5) is 0 Å². The third kappa shape index (κ3) is 2.89. The van der Waals surface area contributed by atoms with Crippen molar-refractivity contribution in [3.8, 4) is 11.8 Å². The van der Waals surface area contributed by atoms with Crippen molar-refractivity contribution in [3.63, 3.8) is 0 Å². The van der Waals surface area contributed by atoms with Crippen LogP contribution >= 0.6 is 0 Å². The molecular formula is C11H12O2. The fourth-order valence-corrected chi connectivity index (χ4v) is 1.12. The summed E-state index contributed by atoms with van der Waals surface area (Å²) in [5, 5.41) is 9.82. The predicted molar refractivity (Wildman–Crippen MR) is 50.9 cm³/mol. The maximum absolute atomic E-state index is 10.8. The van der Waals surface area contributed by atoms with Crippen molar-refractivity contribution in [1.29, 1.82) is 0 Å². The van der Waals surface area contributed by atoms with Gasteiger partial charge in [-0.2, -0.15) is 0 Å². The Hall–Kier alpha value is -1.33. The van der Waals surface area contributed by atoms with Crippen LogP contribution in [0.15, 0.2) is 24.3 Å². The maximum atomic E-state index is 10.8. The van der Waals surface area contributed by atoms with Crippen LogP contribution in [-0.4, -0.2) is 16.5 Å². The van der Waals surface area contributed by atoms with Gasteiger partial charge >= 0.3 is 0 Å². The molecule has 0 amide bonds. The Balaban J connectivity index is 2.56. The molecule has 0 atom stereocenters. The van der Waals surface area contributed by atoms with E-state index in [0.29, 0.717) is 12.8 Å². The van der Waals surface area contributed by atoms with E-state index in [1.165, 1.54) is 24.3 Å². The lowest BCUT2D eigenvalue weighted by Gasteiger charge is -2.20. The van der Waals surface area contributed by atoms with E-state index in [1.54, 1.807) is 6.92 Å². The fourth-order valence-electron chi connectivity index (χ4n) is 1.12. The molecule has 2 heteroatoms. The van der Waals surface area contributed by atoms with E-state index < -0.39 is 5.60 Å². The van der Waals surface area contributed by atoms with E-state index >= 15 is 0 Å². The lowest BCUT2D eigenvalue weighted by Crippen LogP contribution is -2.25. The third-order valence-electron chi connectivity index (χ3n) is 1.90. The van der Waals surface area contributed by atoms with Crippen LogP contribution in [0, 0.1) is 11.8 Å². The van der Waals surface area contributed by atoms with Gasteiger partial charge in [0.1, 0.15) is 5.60 Å². The summed E-state index contributed by atoms with van der Waals surface area (Å²) < 4.78 is 0. The van der Waals surface area contributed by atoms with Crippen molar-refractivity contribution < 1.29 is 9.90 Å². The molecule has 0 spiro atoms. The second kappa shape index (κ2) is 4.06. The highest BCUT2D eigenvalue weighted by atomic mass is 16.3. The fraction of sp³-hybridized carbons (Fsp3) is 0.364. The van der Waals surface area contributed by atoms with E-state index in [1.807, 2.05) is 0 Å². The van der Waals surface area contributed by atoms with Gasteiger partial charge < -0.3 is 5.11 Å². The van der Waals surface area contributed by atoms with Crippen LogP contribution < -0.4 is 0 Å². The zero-order chi connectivity index (χ0) is 9.73. The Morgan fingerprint density at radius 2 is 2.08 bits per heavy atom. The lowest BCUT2D eigenvalue weighted by atomic mass is 9.93. The lowest BCUT2D eigenvalue weighted by molar-refractivity contribution is -0.110. The zero-order valence-electron chi connectivity index (χ0n) is 7.58. The van der Waals surface area contributed by atoms with Crippen LogP contribution in [0.3, 0.4) is 0 Å². The van der Waals surface area contributed by atoms with Gasteiger partial charge in [-0.15, -0.1) is 11.8 Å². The van der Waals surface area contributed by atoms with Gasteiger partial charge in [-0.1, -0.05) is 0 Å². The van der Waals surface area contributed by atoms with Crippen molar-refractivity contribution in [3.05, 3.63) is 24.3 Å². The summed E-state index contributed by atoms with van der Waals surface area (Å²) in [5.74, 6) is 5.55. The molecule has 1 rings (SSSR count). The Bertz CT molecular complexity index is 297. The molecule has 1 aliphatic carbocycles. The molecule has 2 nitrogen and oxygen atoms in total. The normalized spacial score (nSPS) is 18.2. The van der Waals surface area contributed by atoms with E-state index in [4.69, 9.17) is 0 Å². The molecule has 0 aromatic carbocycles. The van der Waals surface area contributed by atoms with Crippen LogP contribution in [0.5, 0.6) is 0 Å². The Labute approximate surface area is 78.0 Å². The molecule has 0 heterocycles. The number of rotatable bonds is 2. The maximum Gasteiger partial charge on any atom is 0.178 e. The minimum atomic E-state index is -0.974. The molecule has 0 unspecified atom stereocenters. The summed E-state index contributed by atoms with van der Waals surface area (Å²) in [5.41, 5.74) is -0.974. The minimum Gasteiger partial charge on any atom is -0.382 e. The van der Waals surface area contributed by atoms with Gasteiger partial charge in [0, 0.05) is 6.42 Å². The molecule has 0 saturated carbocycles. The monoisotopic (exact) mass is 176 g/mol. The molecule has 0 aromatic rings. The van der Waals surface area contributed by atoms with Gasteiger partial charge in [0.2, 0.25) is 0 Å². The third-order valence-corrected chi connectivity index (χ3v) is 1.90. The number of hydrogen-bond donors (Lipinski definition) is 1. The van der Waals surface area contributed by atoms with Crippen molar-refractivity contribution >= 4 is 5.78 Å². The van der Waals surface area contributed by atoms with Crippen molar-refractivity contribution in [1.82, 2.24) is 0 Å². The molecule has 0 aromatic heterocycles. The van der Waals surface area contributed by atoms with Gasteiger partial charge in [0.05, 0.1) is 0 Å². The second-order valence-corrected chi connectivity index (χ2v) is 2.99. The van der Waals surface area contributed by atoms with E-state index in [0.717, 1.165) is 0 Å². The summed E-state index contributed by atoms with van der Waals surface area (Å²) in [6, 6.07) is 0. The first kappa shape index (κ1) is 9.76. The van der Waals surface area contributed by atoms with Crippen molar-refractivity contribution in [2.24, 2.45) is 0 Å². The van der Waals surface area contributed by atoms with Gasteiger partial charge in [0.25, 0.3) is 0 Å². The van der Waals surface area contributed by atoms with Crippen LogP contribution in [0.2, 0.25) is 0 Å². The topological polar surface area (TPSA) is 37.3 Å². The zero-order valence-corrected chi connectivity index (χ0v) is 7.58. The highest BCUT2D eigenvalue weighted by molar-refractivity contribution is 6.00. The molecule has 0 bridgehead atoms. The average Bonchev–Trinajstić information content (AvgIpc) is 2.12. The number of carbonyl (C=O) groups excluding carboxylic acids is 1. The quantitative estimate of drug-likeness (QED) is 0.642. The van der Waals surface area contributed by atoms with Gasteiger partial charge in [0.15, 0.2) is 5.78 Å². The Kier molecular flexibility index (Phi) is 3.05. The minimum absolute atomic E-state index is 0.0775. The first-order valence-electron chi connectivity index (χ1n) is 4.21. The highest BCUT2D eigenvalue weighted by Gasteiger charge is 2.21. The smallest absolute Gasteiger partial charge is 0.178 e. The summed E-state index contributed by atoms with van der Waals surface area (Å²) in [6.45, 7) is 1.76. The average molecular weight is 176 g/mol. The predicted octanol–water partition coefficient (Wildman–Crippen LogP) is 1.22. The molecule has 0 aliphatic heterocycles. The number of allylic oxidation sites excluding steroid dienone is 2. The standard InChI is InChI=1S/C11H12O2/c1-2-3-4-7-11(13)8-5-10(12)6-9-11/h5-6,8-9,13H,4,7H2,1H3. The summed E-state index contributed by atoms with van der Waals surface area (Å²) in [6.07, 6.45) is 6.99. The molecule has 68 valence electrons. The molecule has 13 heavy (non-hydrogen) atoms. The van der Waals surface area contributed by atoms with Crippen LogP contribution in [0.25, 0.3) is 0 Å². The van der Waals surface area contributed by atoms with Crippen LogP contribution in [0.1, 0.15) is 19.8 Å².